The molecule has 0 aliphatic heterocycles. The van der Waals surface area contributed by atoms with E-state index in [-0.39, 0.29) is 5.75 Å². The highest BCUT2D eigenvalue weighted by Gasteiger charge is 2.28. The Kier molecular flexibility index (Phi) is 4.16. The van der Waals surface area contributed by atoms with Crippen molar-refractivity contribution in [1.82, 2.24) is 9.78 Å². The minimum Gasteiger partial charge on any atom is -0.484 e. The van der Waals surface area contributed by atoms with Gasteiger partial charge >= 0.3 is 6.18 Å². The van der Waals surface area contributed by atoms with E-state index in [4.69, 9.17) is 0 Å². The second kappa shape index (κ2) is 5.85. The third kappa shape index (κ3) is 4.18. The van der Waals surface area contributed by atoms with Gasteiger partial charge in [0.15, 0.2) is 6.61 Å². The van der Waals surface area contributed by atoms with Crippen molar-refractivity contribution in [3.63, 3.8) is 0 Å². The predicted octanol–water partition coefficient (Wildman–Crippen LogP) is 2.97. The molecule has 4 nitrogen and oxygen atoms in total. The van der Waals surface area contributed by atoms with Gasteiger partial charge in [-0.1, -0.05) is 0 Å². The van der Waals surface area contributed by atoms with Crippen LogP contribution < -0.4 is 10.1 Å². The fourth-order valence-electron chi connectivity index (χ4n) is 1.60. The third-order valence-electron chi connectivity index (χ3n) is 2.65. The Labute approximate surface area is 114 Å². The van der Waals surface area contributed by atoms with Crippen LogP contribution in [0.1, 0.15) is 5.69 Å². The van der Waals surface area contributed by atoms with Crippen LogP contribution in [0.15, 0.2) is 36.5 Å². The quantitative estimate of drug-likeness (QED) is 0.918. The molecule has 2 rings (SSSR count). The Bertz CT molecular complexity index is 549. The number of halogens is 3. The largest absolute Gasteiger partial charge is 0.484 e. The number of aryl methyl sites for hydroxylation is 1. The second-order valence-corrected chi connectivity index (χ2v) is 4.23. The summed E-state index contributed by atoms with van der Waals surface area (Å²) in [6.45, 7) is -0.700. The number of ether oxygens (including phenoxy) is 1. The number of nitrogens with one attached hydrogen (secondary N) is 1. The maximum atomic E-state index is 12.0. The SMILES string of the molecule is Cn1nccc1CNc1ccc(OCC(F)(F)F)cc1. The molecule has 1 aromatic heterocycles. The summed E-state index contributed by atoms with van der Waals surface area (Å²) in [6.07, 6.45) is -2.62. The van der Waals surface area contributed by atoms with E-state index in [1.165, 1.54) is 12.1 Å². The van der Waals surface area contributed by atoms with Gasteiger partial charge in [-0.05, 0) is 30.3 Å². The average molecular weight is 285 g/mol. The lowest BCUT2D eigenvalue weighted by atomic mass is 10.3. The van der Waals surface area contributed by atoms with E-state index >= 15 is 0 Å². The first-order valence-corrected chi connectivity index (χ1v) is 5.94. The lowest BCUT2D eigenvalue weighted by Gasteiger charge is -2.10. The first-order chi connectivity index (χ1) is 9.44. The van der Waals surface area contributed by atoms with Gasteiger partial charge in [-0.15, -0.1) is 0 Å². The summed E-state index contributed by atoms with van der Waals surface area (Å²) >= 11 is 0. The van der Waals surface area contributed by atoms with Gasteiger partial charge in [0.05, 0.1) is 12.2 Å². The molecule has 7 heteroatoms. The Morgan fingerprint density at radius 2 is 1.90 bits per heavy atom. The zero-order chi connectivity index (χ0) is 14.6. The van der Waals surface area contributed by atoms with Crippen LogP contribution in [0.3, 0.4) is 0 Å². The molecule has 0 fully saturated rings. The van der Waals surface area contributed by atoms with E-state index in [9.17, 15) is 13.2 Å². The summed E-state index contributed by atoms with van der Waals surface area (Å²) < 4.78 is 42.3. The number of alkyl halides is 3. The minimum atomic E-state index is -4.32. The molecule has 1 aromatic carbocycles. The van der Waals surface area contributed by atoms with Crippen LogP contribution in [0.5, 0.6) is 5.75 Å². The van der Waals surface area contributed by atoms with Crippen LogP contribution in [0.25, 0.3) is 0 Å². The van der Waals surface area contributed by atoms with Crippen LogP contribution in [-0.2, 0) is 13.6 Å². The maximum absolute atomic E-state index is 12.0. The van der Waals surface area contributed by atoms with Gasteiger partial charge in [-0.25, -0.2) is 0 Å². The Morgan fingerprint density at radius 1 is 1.20 bits per heavy atom. The topological polar surface area (TPSA) is 39.1 Å². The van der Waals surface area contributed by atoms with Gasteiger partial charge in [0.25, 0.3) is 0 Å². The number of nitrogens with zero attached hydrogens (tertiary/aromatic N) is 2. The Balaban J connectivity index is 1.87. The number of aromatic nitrogens is 2. The van der Waals surface area contributed by atoms with E-state index in [1.807, 2.05) is 13.1 Å². The minimum absolute atomic E-state index is 0.188. The van der Waals surface area contributed by atoms with E-state index in [0.717, 1.165) is 11.4 Å². The maximum Gasteiger partial charge on any atom is 0.422 e. The molecule has 2 aromatic rings. The fourth-order valence-corrected chi connectivity index (χ4v) is 1.60. The zero-order valence-electron chi connectivity index (χ0n) is 10.8. The Hall–Kier alpha value is -2.18. The Morgan fingerprint density at radius 3 is 2.45 bits per heavy atom. The number of hydrogen-bond donors (Lipinski definition) is 1. The van der Waals surface area contributed by atoms with Crippen molar-refractivity contribution < 1.29 is 17.9 Å². The first kappa shape index (κ1) is 14.2. The normalized spacial score (nSPS) is 11.4. The van der Waals surface area contributed by atoms with E-state index < -0.39 is 12.8 Å². The van der Waals surface area contributed by atoms with Crippen LogP contribution in [0, 0.1) is 0 Å². The number of anilines is 1. The molecule has 0 atom stereocenters. The number of hydrogen-bond acceptors (Lipinski definition) is 3. The molecule has 0 aliphatic rings. The molecule has 0 saturated heterocycles. The molecular weight excluding hydrogens is 271 g/mol. The first-order valence-electron chi connectivity index (χ1n) is 5.94. The van der Waals surface area contributed by atoms with Crippen LogP contribution in [0.2, 0.25) is 0 Å². The van der Waals surface area contributed by atoms with Gasteiger partial charge in [-0.3, -0.25) is 4.68 Å². The molecule has 0 aliphatic carbocycles. The van der Waals surface area contributed by atoms with Crippen molar-refractivity contribution in [2.45, 2.75) is 12.7 Å². The van der Waals surface area contributed by atoms with Gasteiger partial charge in [0, 0.05) is 18.9 Å². The molecule has 0 bridgehead atoms. The van der Waals surface area contributed by atoms with Crippen LogP contribution in [0.4, 0.5) is 18.9 Å². The van der Waals surface area contributed by atoms with Crippen molar-refractivity contribution in [1.29, 1.82) is 0 Å². The summed E-state index contributed by atoms with van der Waals surface area (Å²) in [5, 5.41) is 7.19. The fraction of sp³-hybridized carbons (Fsp3) is 0.308. The summed E-state index contributed by atoms with van der Waals surface area (Å²) in [7, 11) is 1.84. The third-order valence-corrected chi connectivity index (χ3v) is 2.65. The highest BCUT2D eigenvalue weighted by molar-refractivity contribution is 5.46. The molecule has 0 unspecified atom stereocenters. The molecule has 0 saturated carbocycles. The molecule has 0 spiro atoms. The van der Waals surface area contributed by atoms with Crippen molar-refractivity contribution in [2.75, 3.05) is 11.9 Å². The highest BCUT2D eigenvalue weighted by atomic mass is 19.4. The zero-order valence-corrected chi connectivity index (χ0v) is 10.8. The molecule has 20 heavy (non-hydrogen) atoms. The molecule has 0 amide bonds. The summed E-state index contributed by atoms with van der Waals surface area (Å²) in [4.78, 5) is 0. The number of benzene rings is 1. The smallest absolute Gasteiger partial charge is 0.422 e. The monoisotopic (exact) mass is 285 g/mol. The van der Waals surface area contributed by atoms with Gasteiger partial charge in [0.2, 0.25) is 0 Å². The molecule has 1 N–H and O–H groups in total. The van der Waals surface area contributed by atoms with Crippen LogP contribution >= 0.6 is 0 Å². The lowest BCUT2D eigenvalue weighted by molar-refractivity contribution is -0.153. The van der Waals surface area contributed by atoms with E-state index in [1.54, 1.807) is 23.0 Å². The molecule has 108 valence electrons. The summed E-state index contributed by atoms with van der Waals surface area (Å²) in [6, 6.07) is 8.21. The summed E-state index contributed by atoms with van der Waals surface area (Å²) in [5.74, 6) is 0.188. The summed E-state index contributed by atoms with van der Waals surface area (Å²) in [5.41, 5.74) is 1.80. The van der Waals surface area contributed by atoms with E-state index in [0.29, 0.717) is 6.54 Å². The van der Waals surface area contributed by atoms with Crippen molar-refractivity contribution in [2.24, 2.45) is 7.05 Å². The molecular formula is C13H14F3N3O. The predicted molar refractivity (Wildman–Crippen MR) is 68.5 cm³/mol. The van der Waals surface area contributed by atoms with Crippen molar-refractivity contribution >= 4 is 5.69 Å². The van der Waals surface area contributed by atoms with Crippen molar-refractivity contribution in [3.05, 3.63) is 42.2 Å². The average Bonchev–Trinajstić information content (AvgIpc) is 2.80. The van der Waals surface area contributed by atoms with E-state index in [2.05, 4.69) is 15.2 Å². The number of rotatable bonds is 5. The standard InChI is InChI=1S/C13H14F3N3O/c1-19-11(6-7-18-19)8-17-10-2-4-12(5-3-10)20-9-13(14,15)16/h2-7,17H,8-9H2,1H3. The van der Waals surface area contributed by atoms with Gasteiger partial charge in [0.1, 0.15) is 5.75 Å². The highest BCUT2D eigenvalue weighted by Crippen LogP contribution is 2.20. The van der Waals surface area contributed by atoms with Gasteiger partial charge in [-0.2, -0.15) is 18.3 Å². The molecule has 0 radical (unpaired) electrons. The molecule has 1 heterocycles. The van der Waals surface area contributed by atoms with Gasteiger partial charge < -0.3 is 10.1 Å². The van der Waals surface area contributed by atoms with Crippen LogP contribution in [-0.4, -0.2) is 22.6 Å². The second-order valence-electron chi connectivity index (χ2n) is 4.23. The van der Waals surface area contributed by atoms with Crippen molar-refractivity contribution in [3.8, 4) is 5.75 Å². The lowest BCUT2D eigenvalue weighted by Crippen LogP contribution is -2.19.